The van der Waals surface area contributed by atoms with E-state index in [1.807, 2.05) is 6.92 Å². The second-order valence-electron chi connectivity index (χ2n) is 4.89. The van der Waals surface area contributed by atoms with E-state index in [0.717, 1.165) is 19.3 Å². The average Bonchev–Trinajstić information content (AvgIpc) is 2.34. The van der Waals surface area contributed by atoms with Gasteiger partial charge in [-0.3, -0.25) is 14.3 Å². The Balaban J connectivity index is 2.47. The van der Waals surface area contributed by atoms with Crippen LogP contribution in [0.5, 0.6) is 0 Å². The van der Waals surface area contributed by atoms with Gasteiger partial charge in [0.1, 0.15) is 11.5 Å². The lowest BCUT2D eigenvalue weighted by Gasteiger charge is -2.32. The van der Waals surface area contributed by atoms with E-state index in [-0.39, 0.29) is 5.82 Å². The molecule has 0 bridgehead atoms. The number of aliphatic hydroxyl groups is 1. The molecule has 0 amide bonds. The summed E-state index contributed by atoms with van der Waals surface area (Å²) in [5, 5.41) is 9.69. The summed E-state index contributed by atoms with van der Waals surface area (Å²) in [5.41, 5.74) is 5.30. The molecule has 1 saturated heterocycles. The summed E-state index contributed by atoms with van der Waals surface area (Å²) in [6.45, 7) is 3.43. The van der Waals surface area contributed by atoms with Gasteiger partial charge in [0.25, 0.3) is 5.56 Å². The van der Waals surface area contributed by atoms with Crippen molar-refractivity contribution in [3.63, 3.8) is 0 Å². The van der Waals surface area contributed by atoms with Crippen molar-refractivity contribution in [1.29, 1.82) is 0 Å². The van der Waals surface area contributed by atoms with E-state index in [2.05, 4.69) is 4.98 Å². The van der Waals surface area contributed by atoms with Gasteiger partial charge in [0.05, 0.1) is 6.10 Å². The fraction of sp³-hybridized carbons (Fsp3) is 0.667. The fourth-order valence-corrected chi connectivity index (χ4v) is 2.49. The van der Waals surface area contributed by atoms with Crippen LogP contribution in [0.3, 0.4) is 0 Å². The molecular formula is C12H20N4O3. The van der Waals surface area contributed by atoms with Gasteiger partial charge in [0.2, 0.25) is 0 Å². The van der Waals surface area contributed by atoms with Crippen LogP contribution in [0.15, 0.2) is 9.59 Å². The molecule has 2 heterocycles. The van der Waals surface area contributed by atoms with Crippen LogP contribution >= 0.6 is 0 Å². The fourth-order valence-electron chi connectivity index (χ4n) is 2.49. The zero-order valence-corrected chi connectivity index (χ0v) is 11.1. The number of nitrogen functional groups attached to an aromatic ring is 1. The van der Waals surface area contributed by atoms with E-state index < -0.39 is 17.4 Å². The number of H-pyrrole nitrogens is 1. The summed E-state index contributed by atoms with van der Waals surface area (Å²) >= 11 is 0. The Kier molecular flexibility index (Phi) is 3.94. The second kappa shape index (κ2) is 5.48. The topological polar surface area (TPSA) is 104 Å². The summed E-state index contributed by atoms with van der Waals surface area (Å²) in [4.78, 5) is 27.7. The molecule has 7 nitrogen and oxygen atoms in total. The molecule has 1 unspecified atom stereocenters. The normalized spacial score (nSPS) is 19.7. The number of piperidine rings is 1. The van der Waals surface area contributed by atoms with E-state index in [9.17, 15) is 14.7 Å². The smallest absolute Gasteiger partial charge is 0.330 e. The van der Waals surface area contributed by atoms with Crippen molar-refractivity contribution >= 4 is 11.5 Å². The molecule has 1 aliphatic rings. The van der Waals surface area contributed by atoms with Crippen molar-refractivity contribution in [2.75, 3.05) is 23.7 Å². The van der Waals surface area contributed by atoms with E-state index >= 15 is 0 Å². The summed E-state index contributed by atoms with van der Waals surface area (Å²) in [6.07, 6.45) is 1.81. The van der Waals surface area contributed by atoms with Crippen molar-refractivity contribution in [3.8, 4) is 0 Å². The number of aromatic amines is 1. The molecule has 19 heavy (non-hydrogen) atoms. The van der Waals surface area contributed by atoms with Gasteiger partial charge in [-0.05, 0) is 19.3 Å². The number of nitrogens with zero attached hydrogens (tertiary/aromatic N) is 2. The highest BCUT2D eigenvalue weighted by molar-refractivity contribution is 5.62. The van der Waals surface area contributed by atoms with Crippen LogP contribution in [0, 0.1) is 0 Å². The van der Waals surface area contributed by atoms with Gasteiger partial charge >= 0.3 is 5.69 Å². The maximum absolute atomic E-state index is 12.0. The third kappa shape index (κ3) is 2.65. The molecule has 1 aliphatic heterocycles. The van der Waals surface area contributed by atoms with Crippen LogP contribution in [-0.2, 0) is 6.54 Å². The molecule has 4 N–H and O–H groups in total. The van der Waals surface area contributed by atoms with Crippen molar-refractivity contribution < 1.29 is 5.11 Å². The molecule has 0 saturated carbocycles. The number of anilines is 2. The Morgan fingerprint density at radius 2 is 2.21 bits per heavy atom. The number of nitrogens with one attached hydrogen (secondary N) is 1. The lowest BCUT2D eigenvalue weighted by Crippen LogP contribution is -2.44. The largest absolute Gasteiger partial charge is 0.391 e. The van der Waals surface area contributed by atoms with Crippen molar-refractivity contribution in [1.82, 2.24) is 9.55 Å². The van der Waals surface area contributed by atoms with Crippen LogP contribution < -0.4 is 21.9 Å². The third-order valence-electron chi connectivity index (χ3n) is 3.37. The highest BCUT2D eigenvalue weighted by Gasteiger charge is 2.23. The van der Waals surface area contributed by atoms with E-state index in [1.54, 1.807) is 4.90 Å². The van der Waals surface area contributed by atoms with Crippen LogP contribution in [0.2, 0.25) is 0 Å². The highest BCUT2D eigenvalue weighted by Crippen LogP contribution is 2.21. The quantitative estimate of drug-likeness (QED) is 0.685. The molecule has 0 aromatic carbocycles. The highest BCUT2D eigenvalue weighted by atomic mass is 16.3. The van der Waals surface area contributed by atoms with Gasteiger partial charge in [-0.2, -0.15) is 0 Å². The number of nitrogens with two attached hydrogens (primary N) is 1. The van der Waals surface area contributed by atoms with E-state index in [0.29, 0.717) is 25.3 Å². The predicted molar refractivity (Wildman–Crippen MR) is 73.5 cm³/mol. The minimum absolute atomic E-state index is 0.185. The Bertz CT molecular complexity index is 563. The predicted octanol–water partition coefficient (Wildman–Crippen LogP) is -0.510. The maximum atomic E-state index is 12.0. The molecule has 1 fully saturated rings. The zero-order valence-electron chi connectivity index (χ0n) is 11.1. The Labute approximate surface area is 110 Å². The van der Waals surface area contributed by atoms with Gasteiger partial charge in [0, 0.05) is 19.6 Å². The number of hydrogen-bond acceptors (Lipinski definition) is 5. The van der Waals surface area contributed by atoms with Gasteiger partial charge in [-0.1, -0.05) is 6.92 Å². The first kappa shape index (κ1) is 13.7. The Morgan fingerprint density at radius 1 is 1.47 bits per heavy atom. The van der Waals surface area contributed by atoms with Gasteiger partial charge < -0.3 is 15.7 Å². The van der Waals surface area contributed by atoms with Crippen LogP contribution in [0.4, 0.5) is 11.5 Å². The van der Waals surface area contributed by atoms with Crippen molar-refractivity contribution in [3.05, 3.63) is 20.8 Å². The summed E-state index contributed by atoms with van der Waals surface area (Å²) < 4.78 is 1.37. The summed E-state index contributed by atoms with van der Waals surface area (Å²) in [5.74, 6) is 0.185. The number of aromatic nitrogens is 2. The maximum Gasteiger partial charge on any atom is 0.330 e. The lowest BCUT2D eigenvalue weighted by atomic mass is 10.1. The van der Waals surface area contributed by atoms with Gasteiger partial charge in [-0.25, -0.2) is 4.79 Å². The monoisotopic (exact) mass is 268 g/mol. The first-order chi connectivity index (χ1) is 9.04. The SMILES string of the molecule is CCCn1c(N)c(N2CCCC(O)C2)c(=O)[nH]c1=O. The van der Waals surface area contributed by atoms with Crippen LogP contribution in [0.1, 0.15) is 26.2 Å². The molecule has 1 atom stereocenters. The molecular weight excluding hydrogens is 248 g/mol. The standard InChI is InChI=1S/C12H20N4O3/c1-2-5-16-10(13)9(11(18)14-12(16)19)15-6-3-4-8(17)7-15/h8,17H,2-7,13H2,1H3,(H,14,18,19). The van der Waals surface area contributed by atoms with E-state index in [4.69, 9.17) is 5.73 Å². The molecule has 106 valence electrons. The molecule has 7 heteroatoms. The minimum Gasteiger partial charge on any atom is -0.391 e. The molecule has 2 rings (SSSR count). The minimum atomic E-state index is -0.482. The first-order valence-electron chi connectivity index (χ1n) is 6.60. The van der Waals surface area contributed by atoms with Gasteiger partial charge in [0.15, 0.2) is 0 Å². The zero-order chi connectivity index (χ0) is 14.0. The number of hydrogen-bond donors (Lipinski definition) is 3. The van der Waals surface area contributed by atoms with E-state index in [1.165, 1.54) is 4.57 Å². The average molecular weight is 268 g/mol. The second-order valence-corrected chi connectivity index (χ2v) is 4.89. The number of aliphatic hydroxyl groups excluding tert-OH is 1. The molecule has 0 radical (unpaired) electrons. The van der Waals surface area contributed by atoms with Crippen molar-refractivity contribution in [2.45, 2.75) is 38.8 Å². The van der Waals surface area contributed by atoms with Crippen molar-refractivity contribution in [2.24, 2.45) is 0 Å². The number of rotatable bonds is 3. The Morgan fingerprint density at radius 3 is 2.84 bits per heavy atom. The molecule has 0 spiro atoms. The molecule has 1 aromatic heterocycles. The molecule has 1 aromatic rings. The number of β-amino-alcohol motifs (C(OH)–C–C–N with tert-alkyl or cyclic N) is 1. The van der Waals surface area contributed by atoms with Gasteiger partial charge in [-0.15, -0.1) is 0 Å². The molecule has 0 aliphatic carbocycles. The van der Waals surface area contributed by atoms with Crippen LogP contribution in [-0.4, -0.2) is 33.9 Å². The van der Waals surface area contributed by atoms with Crippen LogP contribution in [0.25, 0.3) is 0 Å². The summed E-state index contributed by atoms with van der Waals surface area (Å²) in [7, 11) is 0. The lowest BCUT2D eigenvalue weighted by molar-refractivity contribution is 0.154. The Hall–Kier alpha value is -1.76. The summed E-state index contributed by atoms with van der Waals surface area (Å²) in [6, 6.07) is 0. The first-order valence-corrected chi connectivity index (χ1v) is 6.60. The third-order valence-corrected chi connectivity index (χ3v) is 3.37.